The number of rotatable bonds is 11. The molecule has 0 bridgehead atoms. The Morgan fingerprint density at radius 2 is 1.90 bits per heavy atom. The average Bonchev–Trinajstić information content (AvgIpc) is 3.08. The lowest BCUT2D eigenvalue weighted by atomic mass is 10.1. The number of nitrogens with zero attached hydrogens (tertiary/aromatic N) is 1. The zero-order chi connectivity index (χ0) is 22.1. The number of aliphatic hydroxyl groups excluding tert-OH is 3. The molecule has 1 aliphatic heterocycles. The minimum atomic E-state index is -1.34. The first-order chi connectivity index (χ1) is 14.3. The standard InChI is InChI=1S/C19H27N5O6/c20-16(28)12(22-17(29)11-5-2-1-3-6-11)7-4-8-21-19-23-13(18(30)24-19)9-14(26)15(27)10-25/h1-3,5-6,12-15,25-27H,4,7-10H2,(H2,20,28)(H,22,29)(H2,21,23,24,30). The van der Waals surface area contributed by atoms with E-state index in [0.717, 1.165) is 0 Å². The number of aliphatic imine (C=N–C) groups is 1. The molecule has 30 heavy (non-hydrogen) atoms. The summed E-state index contributed by atoms with van der Waals surface area (Å²) in [5, 5.41) is 35.8. The molecule has 0 saturated carbocycles. The number of amides is 3. The molecule has 1 heterocycles. The fourth-order valence-electron chi connectivity index (χ4n) is 2.84. The fourth-order valence-corrected chi connectivity index (χ4v) is 2.84. The highest BCUT2D eigenvalue weighted by Gasteiger charge is 2.32. The summed E-state index contributed by atoms with van der Waals surface area (Å²) in [6.07, 6.45) is -2.01. The summed E-state index contributed by atoms with van der Waals surface area (Å²) in [6.45, 7) is -0.361. The van der Waals surface area contributed by atoms with Gasteiger partial charge in [-0.05, 0) is 25.0 Å². The maximum absolute atomic E-state index is 12.2. The molecule has 164 valence electrons. The second-order valence-corrected chi connectivity index (χ2v) is 6.91. The minimum absolute atomic E-state index is 0.0954. The van der Waals surface area contributed by atoms with Crippen LogP contribution in [0.2, 0.25) is 0 Å². The van der Waals surface area contributed by atoms with Gasteiger partial charge in [0.05, 0.1) is 12.7 Å². The molecule has 2 rings (SSSR count). The molecule has 1 aromatic rings. The molecule has 0 radical (unpaired) electrons. The highest BCUT2D eigenvalue weighted by atomic mass is 16.4. The molecule has 11 nitrogen and oxygen atoms in total. The van der Waals surface area contributed by atoms with E-state index in [1.165, 1.54) is 0 Å². The number of hydrogen-bond donors (Lipinski definition) is 7. The van der Waals surface area contributed by atoms with E-state index in [-0.39, 0.29) is 25.3 Å². The van der Waals surface area contributed by atoms with Crippen LogP contribution in [-0.4, -0.2) is 76.4 Å². The van der Waals surface area contributed by atoms with E-state index in [2.05, 4.69) is 20.9 Å². The number of nitrogens with two attached hydrogens (primary N) is 1. The van der Waals surface area contributed by atoms with Crippen molar-refractivity contribution < 1.29 is 29.7 Å². The van der Waals surface area contributed by atoms with Crippen LogP contribution in [-0.2, 0) is 9.59 Å². The first kappa shape index (κ1) is 23.3. The Morgan fingerprint density at radius 1 is 1.20 bits per heavy atom. The maximum Gasteiger partial charge on any atom is 0.251 e. The first-order valence-corrected chi connectivity index (χ1v) is 9.56. The van der Waals surface area contributed by atoms with Gasteiger partial charge in [-0.3, -0.25) is 24.7 Å². The summed E-state index contributed by atoms with van der Waals surface area (Å²) >= 11 is 0. The van der Waals surface area contributed by atoms with Crippen molar-refractivity contribution in [1.82, 2.24) is 16.0 Å². The minimum Gasteiger partial charge on any atom is -0.394 e. The van der Waals surface area contributed by atoms with Crippen molar-refractivity contribution in [3.8, 4) is 0 Å². The van der Waals surface area contributed by atoms with Crippen LogP contribution in [0.3, 0.4) is 0 Å². The van der Waals surface area contributed by atoms with Gasteiger partial charge >= 0.3 is 0 Å². The Hall–Kier alpha value is -3.02. The Bertz CT molecular complexity index is 772. The molecule has 1 aliphatic rings. The molecule has 8 N–H and O–H groups in total. The molecule has 4 atom stereocenters. The topological polar surface area (TPSA) is 186 Å². The third kappa shape index (κ3) is 6.79. The molecule has 0 aliphatic carbocycles. The fraction of sp³-hybridized carbons (Fsp3) is 0.474. The number of guanidine groups is 1. The van der Waals surface area contributed by atoms with Crippen molar-refractivity contribution in [2.45, 2.75) is 43.6 Å². The van der Waals surface area contributed by atoms with Crippen LogP contribution in [0.25, 0.3) is 0 Å². The second-order valence-electron chi connectivity index (χ2n) is 6.91. The monoisotopic (exact) mass is 421 g/mol. The largest absolute Gasteiger partial charge is 0.394 e. The highest BCUT2D eigenvalue weighted by molar-refractivity contribution is 6.06. The van der Waals surface area contributed by atoms with E-state index in [1.54, 1.807) is 30.3 Å². The molecular weight excluding hydrogens is 394 g/mol. The number of aliphatic hydroxyl groups is 3. The number of primary amides is 1. The summed E-state index contributed by atoms with van der Waals surface area (Å²) in [4.78, 5) is 39.9. The Balaban J connectivity index is 1.80. The van der Waals surface area contributed by atoms with Gasteiger partial charge < -0.3 is 31.7 Å². The van der Waals surface area contributed by atoms with Crippen molar-refractivity contribution >= 4 is 23.7 Å². The number of hydrogen-bond acceptors (Lipinski definition) is 7. The van der Waals surface area contributed by atoms with Gasteiger partial charge in [-0.15, -0.1) is 0 Å². The van der Waals surface area contributed by atoms with Gasteiger partial charge in [0.15, 0.2) is 5.96 Å². The van der Waals surface area contributed by atoms with Crippen LogP contribution in [0.15, 0.2) is 35.3 Å². The first-order valence-electron chi connectivity index (χ1n) is 9.56. The molecular formula is C19H27N5O6. The van der Waals surface area contributed by atoms with Gasteiger partial charge in [-0.25, -0.2) is 0 Å². The van der Waals surface area contributed by atoms with Gasteiger partial charge in [-0.1, -0.05) is 18.2 Å². The van der Waals surface area contributed by atoms with Crippen LogP contribution in [0, 0.1) is 0 Å². The Morgan fingerprint density at radius 3 is 2.53 bits per heavy atom. The highest BCUT2D eigenvalue weighted by Crippen LogP contribution is 2.07. The summed E-state index contributed by atoms with van der Waals surface area (Å²) < 4.78 is 0. The third-order valence-electron chi connectivity index (χ3n) is 4.58. The zero-order valence-electron chi connectivity index (χ0n) is 16.3. The zero-order valence-corrected chi connectivity index (χ0v) is 16.3. The molecule has 4 unspecified atom stereocenters. The maximum atomic E-state index is 12.2. The normalized spacial score (nSPS) is 20.2. The molecule has 1 aromatic carbocycles. The third-order valence-corrected chi connectivity index (χ3v) is 4.58. The van der Waals surface area contributed by atoms with E-state index in [1.807, 2.05) is 0 Å². The molecule has 11 heteroatoms. The van der Waals surface area contributed by atoms with Crippen molar-refractivity contribution in [3.63, 3.8) is 0 Å². The smallest absolute Gasteiger partial charge is 0.251 e. The molecule has 1 fully saturated rings. The van der Waals surface area contributed by atoms with E-state index in [0.29, 0.717) is 12.0 Å². The van der Waals surface area contributed by atoms with Crippen LogP contribution in [0.5, 0.6) is 0 Å². The predicted molar refractivity (Wildman–Crippen MR) is 107 cm³/mol. The van der Waals surface area contributed by atoms with E-state index < -0.39 is 48.6 Å². The lowest BCUT2D eigenvalue weighted by Gasteiger charge is -2.17. The average molecular weight is 421 g/mol. The van der Waals surface area contributed by atoms with Crippen molar-refractivity contribution in [2.75, 3.05) is 13.2 Å². The van der Waals surface area contributed by atoms with Crippen LogP contribution in [0.4, 0.5) is 0 Å². The number of carbonyl (C=O) groups is 3. The Kier molecular flexibility index (Phi) is 8.71. The summed E-state index contributed by atoms with van der Waals surface area (Å²) in [7, 11) is 0. The van der Waals surface area contributed by atoms with E-state index in [9.17, 15) is 24.6 Å². The predicted octanol–water partition coefficient (Wildman–Crippen LogP) is -2.40. The van der Waals surface area contributed by atoms with Gasteiger partial charge in [-0.2, -0.15) is 0 Å². The number of benzene rings is 1. The molecule has 0 aromatic heterocycles. The van der Waals surface area contributed by atoms with Crippen molar-refractivity contribution in [1.29, 1.82) is 0 Å². The SMILES string of the molecule is NC(=O)C(CCCN=C1NC(=O)C(CC(O)C(O)CO)N1)NC(=O)c1ccccc1. The van der Waals surface area contributed by atoms with Crippen molar-refractivity contribution in [2.24, 2.45) is 10.7 Å². The van der Waals surface area contributed by atoms with Crippen molar-refractivity contribution in [3.05, 3.63) is 35.9 Å². The summed E-state index contributed by atoms with van der Waals surface area (Å²) in [5.74, 6) is -1.26. The summed E-state index contributed by atoms with van der Waals surface area (Å²) in [5.41, 5.74) is 5.78. The second kappa shape index (κ2) is 11.2. The summed E-state index contributed by atoms with van der Waals surface area (Å²) in [6, 6.07) is 6.81. The van der Waals surface area contributed by atoms with Crippen LogP contribution < -0.4 is 21.7 Å². The van der Waals surface area contributed by atoms with Gasteiger partial charge in [0.25, 0.3) is 5.91 Å². The van der Waals surface area contributed by atoms with Crippen LogP contribution >= 0.6 is 0 Å². The molecule has 0 spiro atoms. The number of carbonyl (C=O) groups excluding carboxylic acids is 3. The lowest BCUT2D eigenvalue weighted by molar-refractivity contribution is -0.121. The number of nitrogens with one attached hydrogen (secondary N) is 3. The molecule has 1 saturated heterocycles. The van der Waals surface area contributed by atoms with Gasteiger partial charge in [0, 0.05) is 18.5 Å². The van der Waals surface area contributed by atoms with Crippen LogP contribution in [0.1, 0.15) is 29.6 Å². The quantitative estimate of drug-likeness (QED) is 0.194. The van der Waals surface area contributed by atoms with Gasteiger partial charge in [0.1, 0.15) is 18.2 Å². The van der Waals surface area contributed by atoms with E-state index >= 15 is 0 Å². The Labute approximate surface area is 173 Å². The van der Waals surface area contributed by atoms with E-state index in [4.69, 9.17) is 10.8 Å². The lowest BCUT2D eigenvalue weighted by Crippen LogP contribution is -2.44. The van der Waals surface area contributed by atoms with Gasteiger partial charge in [0.2, 0.25) is 11.8 Å². The molecule has 3 amide bonds.